The average Bonchev–Trinajstić information content (AvgIpc) is 3.08. The summed E-state index contributed by atoms with van der Waals surface area (Å²) in [6, 6.07) is 19.8. The summed E-state index contributed by atoms with van der Waals surface area (Å²) < 4.78 is 11.7. The van der Waals surface area contributed by atoms with Gasteiger partial charge in [-0.2, -0.15) is 0 Å². The van der Waals surface area contributed by atoms with Gasteiger partial charge in [0, 0.05) is 0 Å². The molecule has 2 amide bonds. The number of hydrogen-bond acceptors (Lipinski definition) is 6. The molecule has 0 spiro atoms. The Balaban J connectivity index is 1.57. The van der Waals surface area contributed by atoms with Gasteiger partial charge in [-0.05, 0) is 82.7 Å². The van der Waals surface area contributed by atoms with Crippen molar-refractivity contribution in [1.29, 1.82) is 0 Å². The van der Waals surface area contributed by atoms with E-state index in [9.17, 15) is 14.4 Å². The van der Waals surface area contributed by atoms with Gasteiger partial charge in [-0.15, -0.1) is 0 Å². The number of nitrogens with zero attached hydrogens (tertiary/aromatic N) is 1. The van der Waals surface area contributed by atoms with E-state index >= 15 is 0 Å². The first-order valence-corrected chi connectivity index (χ1v) is 12.2. The SMILES string of the molecule is COc1cc(/C=C2\SC(=O)N(Cc3cccc(C)c3)C2=O)cc(I)c1OC(=O)c1ccccc1. The van der Waals surface area contributed by atoms with Gasteiger partial charge >= 0.3 is 5.97 Å². The molecule has 0 saturated carbocycles. The van der Waals surface area contributed by atoms with E-state index in [1.54, 1.807) is 42.5 Å². The zero-order chi connectivity index (χ0) is 24.2. The minimum absolute atomic E-state index is 0.221. The molecule has 0 N–H and O–H groups in total. The van der Waals surface area contributed by atoms with Crippen LogP contribution in [-0.2, 0) is 11.3 Å². The van der Waals surface area contributed by atoms with E-state index in [-0.39, 0.29) is 17.7 Å². The molecule has 0 unspecified atom stereocenters. The standard InChI is InChI=1S/C26H20INO5S/c1-16-7-6-8-17(11-16)15-28-24(29)22(34-26(28)31)14-18-12-20(27)23(21(13-18)32-2)33-25(30)19-9-4-3-5-10-19/h3-14H,15H2,1-2H3/b22-14-. The van der Waals surface area contributed by atoms with Crippen LogP contribution in [0, 0.1) is 10.5 Å². The molecule has 1 aliphatic heterocycles. The first-order valence-electron chi connectivity index (χ1n) is 10.3. The lowest BCUT2D eigenvalue weighted by atomic mass is 10.1. The highest BCUT2D eigenvalue weighted by Gasteiger charge is 2.35. The largest absolute Gasteiger partial charge is 0.493 e. The Bertz CT molecular complexity index is 1310. The van der Waals surface area contributed by atoms with Crippen molar-refractivity contribution in [3.05, 3.63) is 97.5 Å². The van der Waals surface area contributed by atoms with Crippen LogP contribution in [0.2, 0.25) is 0 Å². The van der Waals surface area contributed by atoms with Crippen molar-refractivity contribution in [3.63, 3.8) is 0 Å². The number of rotatable bonds is 6. The van der Waals surface area contributed by atoms with Crippen LogP contribution in [0.1, 0.15) is 27.0 Å². The summed E-state index contributed by atoms with van der Waals surface area (Å²) in [7, 11) is 1.48. The Kier molecular flexibility index (Phi) is 7.38. The van der Waals surface area contributed by atoms with E-state index in [2.05, 4.69) is 22.6 Å². The third-order valence-corrected chi connectivity index (χ3v) is 6.76. The molecular weight excluding hydrogens is 565 g/mol. The second kappa shape index (κ2) is 10.4. The molecule has 0 bridgehead atoms. The number of aryl methyl sites for hydroxylation is 1. The number of carbonyl (C=O) groups excluding carboxylic acids is 3. The summed E-state index contributed by atoms with van der Waals surface area (Å²) in [4.78, 5) is 39.5. The van der Waals surface area contributed by atoms with E-state index in [1.807, 2.05) is 37.3 Å². The molecule has 34 heavy (non-hydrogen) atoms. The Morgan fingerprint density at radius 3 is 2.53 bits per heavy atom. The predicted octanol–water partition coefficient (Wildman–Crippen LogP) is 6.06. The average molecular weight is 585 g/mol. The zero-order valence-electron chi connectivity index (χ0n) is 18.4. The molecule has 4 rings (SSSR count). The molecule has 1 fully saturated rings. The van der Waals surface area contributed by atoms with Crippen LogP contribution in [0.15, 0.2) is 71.6 Å². The highest BCUT2D eigenvalue weighted by atomic mass is 127. The van der Waals surface area contributed by atoms with Gasteiger partial charge in [-0.1, -0.05) is 48.0 Å². The lowest BCUT2D eigenvalue weighted by molar-refractivity contribution is -0.123. The second-order valence-electron chi connectivity index (χ2n) is 7.55. The summed E-state index contributed by atoms with van der Waals surface area (Å²) in [5.41, 5.74) is 3.03. The van der Waals surface area contributed by atoms with E-state index in [0.717, 1.165) is 22.9 Å². The van der Waals surface area contributed by atoms with Gasteiger partial charge in [0.15, 0.2) is 11.5 Å². The fraction of sp³-hybridized carbons (Fsp3) is 0.115. The molecule has 1 aliphatic rings. The molecule has 0 atom stereocenters. The molecule has 8 heteroatoms. The number of hydrogen-bond donors (Lipinski definition) is 0. The third kappa shape index (κ3) is 5.34. The molecule has 3 aromatic rings. The molecule has 6 nitrogen and oxygen atoms in total. The third-order valence-electron chi connectivity index (χ3n) is 5.05. The molecule has 3 aromatic carbocycles. The van der Waals surface area contributed by atoms with Crippen molar-refractivity contribution in [3.8, 4) is 11.5 Å². The Hall–Kier alpha value is -3.11. The van der Waals surface area contributed by atoms with Crippen molar-refractivity contribution in [2.75, 3.05) is 7.11 Å². The smallest absolute Gasteiger partial charge is 0.343 e. The molecule has 172 valence electrons. The van der Waals surface area contributed by atoms with E-state index in [0.29, 0.717) is 31.1 Å². The van der Waals surface area contributed by atoms with Gasteiger partial charge in [0.25, 0.3) is 11.1 Å². The van der Waals surface area contributed by atoms with Gasteiger partial charge in [0.05, 0.1) is 27.7 Å². The van der Waals surface area contributed by atoms with Gasteiger partial charge in [-0.3, -0.25) is 14.5 Å². The van der Waals surface area contributed by atoms with Crippen LogP contribution in [0.5, 0.6) is 11.5 Å². The van der Waals surface area contributed by atoms with Crippen LogP contribution < -0.4 is 9.47 Å². The molecular formula is C26H20INO5S. The zero-order valence-corrected chi connectivity index (χ0v) is 21.4. The van der Waals surface area contributed by atoms with E-state index in [4.69, 9.17) is 9.47 Å². The Morgan fingerprint density at radius 2 is 1.82 bits per heavy atom. The minimum atomic E-state index is -0.498. The normalized spacial score (nSPS) is 14.6. The summed E-state index contributed by atoms with van der Waals surface area (Å²) in [6.45, 7) is 2.19. The van der Waals surface area contributed by atoms with Crippen molar-refractivity contribution in [2.45, 2.75) is 13.5 Å². The summed E-state index contributed by atoms with van der Waals surface area (Å²) in [5, 5.41) is -0.312. The van der Waals surface area contributed by atoms with Gasteiger partial charge in [0.2, 0.25) is 0 Å². The lowest BCUT2D eigenvalue weighted by Gasteiger charge is -2.13. The predicted molar refractivity (Wildman–Crippen MR) is 140 cm³/mol. The molecule has 0 aliphatic carbocycles. The number of thioether (sulfide) groups is 1. The molecule has 1 heterocycles. The number of imide groups is 1. The fourth-order valence-electron chi connectivity index (χ4n) is 3.43. The topological polar surface area (TPSA) is 72.9 Å². The monoisotopic (exact) mass is 585 g/mol. The number of methoxy groups -OCH3 is 1. The molecule has 0 aromatic heterocycles. The molecule has 0 radical (unpaired) electrons. The van der Waals surface area contributed by atoms with E-state index < -0.39 is 5.97 Å². The maximum atomic E-state index is 12.9. The summed E-state index contributed by atoms with van der Waals surface area (Å²) in [6.07, 6.45) is 1.65. The van der Waals surface area contributed by atoms with Gasteiger partial charge in [-0.25, -0.2) is 4.79 Å². The maximum absolute atomic E-state index is 12.9. The highest BCUT2D eigenvalue weighted by molar-refractivity contribution is 14.1. The summed E-state index contributed by atoms with van der Waals surface area (Å²) >= 11 is 2.95. The van der Waals surface area contributed by atoms with Crippen LogP contribution in [-0.4, -0.2) is 29.1 Å². The second-order valence-corrected chi connectivity index (χ2v) is 9.70. The fourth-order valence-corrected chi connectivity index (χ4v) is 5.00. The quantitative estimate of drug-likeness (QED) is 0.152. The number of ether oxygens (including phenoxy) is 2. The minimum Gasteiger partial charge on any atom is -0.493 e. The number of benzene rings is 3. The Morgan fingerprint density at radius 1 is 1.06 bits per heavy atom. The van der Waals surface area contributed by atoms with Crippen LogP contribution in [0.4, 0.5) is 4.79 Å². The van der Waals surface area contributed by atoms with Gasteiger partial charge < -0.3 is 9.47 Å². The van der Waals surface area contributed by atoms with Crippen LogP contribution in [0.3, 0.4) is 0 Å². The van der Waals surface area contributed by atoms with Crippen molar-refractivity contribution in [1.82, 2.24) is 4.90 Å². The van der Waals surface area contributed by atoms with Crippen LogP contribution >= 0.6 is 34.4 Å². The number of esters is 1. The maximum Gasteiger partial charge on any atom is 0.343 e. The molecule has 1 saturated heterocycles. The van der Waals surface area contributed by atoms with Crippen molar-refractivity contribution in [2.24, 2.45) is 0 Å². The van der Waals surface area contributed by atoms with Crippen molar-refractivity contribution >= 4 is 57.5 Å². The Labute approximate surface area is 215 Å². The van der Waals surface area contributed by atoms with E-state index in [1.165, 1.54) is 12.0 Å². The van der Waals surface area contributed by atoms with Crippen molar-refractivity contribution < 1.29 is 23.9 Å². The first-order chi connectivity index (χ1) is 16.4. The highest BCUT2D eigenvalue weighted by Crippen LogP contribution is 2.38. The first kappa shape index (κ1) is 24.0. The number of amides is 2. The van der Waals surface area contributed by atoms with Gasteiger partial charge in [0.1, 0.15) is 0 Å². The van der Waals surface area contributed by atoms with Crippen LogP contribution in [0.25, 0.3) is 6.08 Å². The lowest BCUT2D eigenvalue weighted by Crippen LogP contribution is -2.27. The number of carbonyl (C=O) groups is 3. The summed E-state index contributed by atoms with van der Waals surface area (Å²) in [5.74, 6) is -0.199. The number of halogens is 1.